The van der Waals surface area contributed by atoms with Gasteiger partial charge in [-0.15, -0.1) is 0 Å². The molecule has 17 heavy (non-hydrogen) atoms. The monoisotopic (exact) mass is 222 g/mol. The number of nitrogens with zero attached hydrogens (tertiary/aromatic N) is 2. The number of ketones is 1. The third-order valence-electron chi connectivity index (χ3n) is 2.47. The highest BCUT2D eigenvalue weighted by atomic mass is 16.1. The van der Waals surface area contributed by atoms with Crippen LogP contribution in [0.2, 0.25) is 0 Å². The minimum absolute atomic E-state index is 0.0243. The third-order valence-corrected chi connectivity index (χ3v) is 2.47. The Labute approximate surface area is 99.4 Å². The van der Waals surface area contributed by atoms with Gasteiger partial charge < -0.3 is 0 Å². The van der Waals surface area contributed by atoms with Crippen molar-refractivity contribution in [3.05, 3.63) is 53.9 Å². The number of aromatic nitrogens is 1. The van der Waals surface area contributed by atoms with Crippen molar-refractivity contribution in [2.75, 3.05) is 0 Å². The molecule has 0 aliphatic carbocycles. The van der Waals surface area contributed by atoms with Crippen molar-refractivity contribution >= 4 is 5.78 Å². The molecule has 1 aromatic heterocycles. The molecule has 0 amide bonds. The molecular weight excluding hydrogens is 212 g/mol. The maximum absolute atomic E-state index is 11.3. The normalized spacial score (nSPS) is 9.65. The smallest absolute Gasteiger partial charge is 0.159 e. The fourth-order valence-corrected chi connectivity index (χ4v) is 1.58. The standard InChI is InChI=1S/C14H10N2O/c1-10(17)12-3-2-4-13(6-12)14-5-11(7-15)8-16-9-14/h2-6,8-9H,1H3. The van der Waals surface area contributed by atoms with E-state index in [1.54, 1.807) is 24.4 Å². The summed E-state index contributed by atoms with van der Waals surface area (Å²) in [5, 5.41) is 8.81. The minimum Gasteiger partial charge on any atom is -0.295 e. The van der Waals surface area contributed by atoms with Crippen molar-refractivity contribution in [1.82, 2.24) is 4.98 Å². The van der Waals surface area contributed by atoms with Gasteiger partial charge in [0, 0.05) is 23.5 Å². The molecule has 2 rings (SSSR count). The number of carbonyl (C=O) groups excluding carboxylic acids is 1. The summed E-state index contributed by atoms with van der Waals surface area (Å²) in [7, 11) is 0. The van der Waals surface area contributed by atoms with Gasteiger partial charge in [-0.3, -0.25) is 9.78 Å². The molecule has 0 bridgehead atoms. The van der Waals surface area contributed by atoms with E-state index >= 15 is 0 Å². The van der Waals surface area contributed by atoms with Crippen LogP contribution in [0.4, 0.5) is 0 Å². The predicted octanol–water partition coefficient (Wildman–Crippen LogP) is 2.82. The molecule has 3 heteroatoms. The maximum Gasteiger partial charge on any atom is 0.159 e. The van der Waals surface area contributed by atoms with Crippen molar-refractivity contribution in [3.63, 3.8) is 0 Å². The predicted molar refractivity (Wildman–Crippen MR) is 64.4 cm³/mol. The number of Topliss-reactive ketones (excluding diaryl/α,β-unsaturated/α-hetero) is 1. The van der Waals surface area contributed by atoms with E-state index in [1.807, 2.05) is 18.2 Å². The van der Waals surface area contributed by atoms with Gasteiger partial charge in [-0.25, -0.2) is 0 Å². The first kappa shape index (κ1) is 11.0. The van der Waals surface area contributed by atoms with Gasteiger partial charge in [-0.05, 0) is 24.6 Å². The van der Waals surface area contributed by atoms with Crippen LogP contribution in [-0.4, -0.2) is 10.8 Å². The van der Waals surface area contributed by atoms with E-state index in [2.05, 4.69) is 4.98 Å². The highest BCUT2D eigenvalue weighted by molar-refractivity contribution is 5.95. The van der Waals surface area contributed by atoms with Crippen molar-refractivity contribution in [1.29, 1.82) is 5.26 Å². The van der Waals surface area contributed by atoms with Gasteiger partial charge in [0.05, 0.1) is 5.56 Å². The number of hydrogen-bond donors (Lipinski definition) is 0. The minimum atomic E-state index is 0.0243. The van der Waals surface area contributed by atoms with Crippen LogP contribution in [0.15, 0.2) is 42.7 Å². The molecule has 0 unspecified atom stereocenters. The molecule has 0 spiro atoms. The van der Waals surface area contributed by atoms with Gasteiger partial charge in [0.25, 0.3) is 0 Å². The van der Waals surface area contributed by atoms with E-state index in [4.69, 9.17) is 5.26 Å². The molecule has 0 atom stereocenters. The lowest BCUT2D eigenvalue weighted by molar-refractivity contribution is 0.101. The molecule has 0 fully saturated rings. The molecule has 3 nitrogen and oxygen atoms in total. The van der Waals surface area contributed by atoms with Crippen LogP contribution >= 0.6 is 0 Å². The Balaban J connectivity index is 2.49. The Bertz CT molecular complexity index is 612. The fourth-order valence-electron chi connectivity index (χ4n) is 1.58. The summed E-state index contributed by atoms with van der Waals surface area (Å²) in [6.45, 7) is 1.53. The van der Waals surface area contributed by atoms with E-state index < -0.39 is 0 Å². The van der Waals surface area contributed by atoms with Crippen LogP contribution in [0.5, 0.6) is 0 Å². The summed E-state index contributed by atoms with van der Waals surface area (Å²) in [5.41, 5.74) is 2.90. The average Bonchev–Trinajstić information content (AvgIpc) is 2.39. The zero-order chi connectivity index (χ0) is 12.3. The van der Waals surface area contributed by atoms with Gasteiger partial charge in [0.15, 0.2) is 5.78 Å². The quantitative estimate of drug-likeness (QED) is 0.734. The molecule has 82 valence electrons. The number of hydrogen-bond acceptors (Lipinski definition) is 3. The Morgan fingerprint density at radius 1 is 1.24 bits per heavy atom. The van der Waals surface area contributed by atoms with Gasteiger partial charge in [-0.2, -0.15) is 5.26 Å². The summed E-state index contributed by atoms with van der Waals surface area (Å²) >= 11 is 0. The SMILES string of the molecule is CC(=O)c1cccc(-c2cncc(C#N)c2)c1. The van der Waals surface area contributed by atoms with Crippen LogP contribution in [0.3, 0.4) is 0 Å². The molecule has 1 heterocycles. The van der Waals surface area contributed by atoms with E-state index in [0.717, 1.165) is 11.1 Å². The Morgan fingerprint density at radius 2 is 2.06 bits per heavy atom. The van der Waals surface area contributed by atoms with Crippen molar-refractivity contribution < 1.29 is 4.79 Å². The second-order valence-corrected chi connectivity index (χ2v) is 3.71. The topological polar surface area (TPSA) is 53.8 Å². The molecule has 0 saturated heterocycles. The summed E-state index contributed by atoms with van der Waals surface area (Å²) in [4.78, 5) is 15.3. The molecular formula is C14H10N2O. The number of carbonyl (C=O) groups is 1. The second kappa shape index (κ2) is 4.58. The van der Waals surface area contributed by atoms with Crippen molar-refractivity contribution in [3.8, 4) is 17.2 Å². The second-order valence-electron chi connectivity index (χ2n) is 3.71. The van der Waals surface area contributed by atoms with Gasteiger partial charge in [0.1, 0.15) is 6.07 Å². The highest BCUT2D eigenvalue weighted by Crippen LogP contribution is 2.20. The van der Waals surface area contributed by atoms with E-state index in [9.17, 15) is 4.79 Å². The lowest BCUT2D eigenvalue weighted by atomic mass is 10.0. The third kappa shape index (κ3) is 2.37. The van der Waals surface area contributed by atoms with Crippen LogP contribution < -0.4 is 0 Å². The lowest BCUT2D eigenvalue weighted by Crippen LogP contribution is -1.92. The van der Waals surface area contributed by atoms with Crippen LogP contribution in [0.25, 0.3) is 11.1 Å². The van der Waals surface area contributed by atoms with Gasteiger partial charge >= 0.3 is 0 Å². The number of rotatable bonds is 2. The molecule has 0 N–H and O–H groups in total. The zero-order valence-corrected chi connectivity index (χ0v) is 9.34. The summed E-state index contributed by atoms with van der Waals surface area (Å²) in [5.74, 6) is 0.0243. The van der Waals surface area contributed by atoms with Crippen LogP contribution in [-0.2, 0) is 0 Å². The number of benzene rings is 1. The number of nitriles is 1. The Hall–Kier alpha value is -2.47. The van der Waals surface area contributed by atoms with Gasteiger partial charge in [-0.1, -0.05) is 18.2 Å². The van der Waals surface area contributed by atoms with Crippen molar-refractivity contribution in [2.24, 2.45) is 0 Å². The first-order valence-electron chi connectivity index (χ1n) is 5.17. The molecule has 1 aromatic carbocycles. The summed E-state index contributed by atoms with van der Waals surface area (Å²) < 4.78 is 0. The van der Waals surface area contributed by atoms with E-state index in [-0.39, 0.29) is 5.78 Å². The Kier molecular flexibility index (Phi) is 2.97. The first-order valence-corrected chi connectivity index (χ1v) is 5.17. The number of pyridine rings is 1. The van der Waals surface area contributed by atoms with Crippen LogP contribution in [0.1, 0.15) is 22.8 Å². The lowest BCUT2D eigenvalue weighted by Gasteiger charge is -2.03. The average molecular weight is 222 g/mol. The van der Waals surface area contributed by atoms with E-state index in [0.29, 0.717) is 11.1 Å². The first-order chi connectivity index (χ1) is 8.20. The molecule has 2 aromatic rings. The molecule has 0 aliphatic rings. The fraction of sp³-hybridized carbons (Fsp3) is 0.0714. The van der Waals surface area contributed by atoms with Gasteiger partial charge in [0.2, 0.25) is 0 Å². The summed E-state index contributed by atoms with van der Waals surface area (Å²) in [6.07, 6.45) is 3.19. The summed E-state index contributed by atoms with van der Waals surface area (Å²) in [6, 6.07) is 11.1. The van der Waals surface area contributed by atoms with Crippen LogP contribution in [0, 0.1) is 11.3 Å². The van der Waals surface area contributed by atoms with E-state index in [1.165, 1.54) is 13.1 Å². The largest absolute Gasteiger partial charge is 0.295 e. The highest BCUT2D eigenvalue weighted by Gasteiger charge is 2.03. The molecule has 0 radical (unpaired) electrons. The molecule has 0 aliphatic heterocycles. The zero-order valence-electron chi connectivity index (χ0n) is 9.34. The maximum atomic E-state index is 11.3. The Morgan fingerprint density at radius 3 is 2.76 bits per heavy atom. The molecule has 0 saturated carbocycles. The van der Waals surface area contributed by atoms with Crippen molar-refractivity contribution in [2.45, 2.75) is 6.92 Å².